The van der Waals surface area contributed by atoms with Gasteiger partial charge in [0.05, 0.1) is 0 Å². The van der Waals surface area contributed by atoms with Crippen molar-refractivity contribution in [3.63, 3.8) is 0 Å². The molecule has 0 spiro atoms. The fourth-order valence-corrected chi connectivity index (χ4v) is 2.77. The normalized spacial score (nSPS) is 15.3. The summed E-state index contributed by atoms with van der Waals surface area (Å²) in [7, 11) is -4.38. The molecule has 0 aliphatic carbocycles. The first-order chi connectivity index (χ1) is 9.79. The fraction of sp³-hybridized carbons (Fsp3) is 0.417. The first kappa shape index (κ1) is 15.6. The Kier molecular flexibility index (Phi) is 4.43. The van der Waals surface area contributed by atoms with Gasteiger partial charge in [-0.25, -0.2) is 22.3 Å². The van der Waals surface area contributed by atoms with Crippen LogP contribution in [0.1, 0.15) is 12.8 Å². The zero-order valence-electron chi connectivity index (χ0n) is 11.0. The number of amides is 1. The van der Waals surface area contributed by atoms with Gasteiger partial charge in [-0.2, -0.15) is 0 Å². The second-order valence-corrected chi connectivity index (χ2v) is 6.17. The standard InChI is InChI=1S/C12H14F2N2O4S/c13-8-5-9(14)12(10(6-8)21(15,18)19)20-7-11(17)16-3-1-2-4-16/h5-6H,1-4,7H2,(H2,15,18,19). The van der Waals surface area contributed by atoms with Crippen LogP contribution in [0.3, 0.4) is 0 Å². The second kappa shape index (κ2) is 5.94. The largest absolute Gasteiger partial charge is 0.479 e. The molecule has 1 fully saturated rings. The molecular weight excluding hydrogens is 306 g/mol. The summed E-state index contributed by atoms with van der Waals surface area (Å²) >= 11 is 0. The maximum absolute atomic E-state index is 13.7. The maximum Gasteiger partial charge on any atom is 0.260 e. The van der Waals surface area contributed by atoms with E-state index in [4.69, 9.17) is 9.88 Å². The Bertz CT molecular complexity index is 657. The van der Waals surface area contributed by atoms with Crippen LogP contribution in [-0.4, -0.2) is 38.9 Å². The number of rotatable bonds is 4. The summed E-state index contributed by atoms with van der Waals surface area (Å²) in [6.07, 6.45) is 1.75. The average Bonchev–Trinajstić information content (AvgIpc) is 2.89. The quantitative estimate of drug-likeness (QED) is 0.880. The minimum Gasteiger partial charge on any atom is -0.479 e. The first-order valence-corrected chi connectivity index (χ1v) is 7.76. The van der Waals surface area contributed by atoms with Gasteiger partial charge in [0, 0.05) is 19.2 Å². The number of ether oxygens (including phenoxy) is 1. The fourth-order valence-electron chi connectivity index (χ4n) is 2.08. The molecule has 2 rings (SSSR count). The summed E-state index contributed by atoms with van der Waals surface area (Å²) in [6, 6.07) is 1.01. The molecular formula is C12H14F2N2O4S. The van der Waals surface area contributed by atoms with E-state index in [0.717, 1.165) is 12.8 Å². The maximum atomic E-state index is 13.7. The molecule has 1 aromatic carbocycles. The van der Waals surface area contributed by atoms with Gasteiger partial charge in [0.25, 0.3) is 5.91 Å². The lowest BCUT2D eigenvalue weighted by Gasteiger charge is -2.16. The zero-order valence-corrected chi connectivity index (χ0v) is 11.8. The van der Waals surface area contributed by atoms with Crippen LogP contribution >= 0.6 is 0 Å². The van der Waals surface area contributed by atoms with Crippen molar-refractivity contribution in [2.75, 3.05) is 19.7 Å². The molecule has 9 heteroatoms. The predicted octanol–water partition coefficient (Wildman–Crippen LogP) is 0.613. The molecule has 21 heavy (non-hydrogen) atoms. The summed E-state index contributed by atoms with van der Waals surface area (Å²) in [4.78, 5) is 12.5. The number of primary sulfonamides is 1. The van der Waals surface area contributed by atoms with Crippen molar-refractivity contribution in [1.29, 1.82) is 0 Å². The van der Waals surface area contributed by atoms with Crippen molar-refractivity contribution in [3.8, 4) is 5.75 Å². The Morgan fingerprint density at radius 1 is 1.29 bits per heavy atom. The van der Waals surface area contributed by atoms with Gasteiger partial charge in [0.15, 0.2) is 18.2 Å². The molecule has 1 saturated heterocycles. The van der Waals surface area contributed by atoms with Gasteiger partial charge in [0.1, 0.15) is 10.7 Å². The van der Waals surface area contributed by atoms with Gasteiger partial charge in [0.2, 0.25) is 10.0 Å². The third-order valence-electron chi connectivity index (χ3n) is 3.08. The predicted molar refractivity (Wildman–Crippen MR) is 69.0 cm³/mol. The molecule has 1 aliphatic heterocycles. The van der Waals surface area contributed by atoms with E-state index in [1.54, 1.807) is 0 Å². The lowest BCUT2D eigenvalue weighted by Crippen LogP contribution is -2.32. The van der Waals surface area contributed by atoms with Gasteiger partial charge in [-0.05, 0) is 18.9 Å². The van der Waals surface area contributed by atoms with E-state index >= 15 is 0 Å². The number of carbonyl (C=O) groups excluding carboxylic acids is 1. The molecule has 116 valence electrons. The first-order valence-electron chi connectivity index (χ1n) is 6.21. The molecule has 0 saturated carbocycles. The lowest BCUT2D eigenvalue weighted by atomic mass is 10.3. The summed E-state index contributed by atoms with van der Waals surface area (Å²) in [5.41, 5.74) is 0. The number of nitrogens with two attached hydrogens (primary N) is 1. The molecule has 2 N–H and O–H groups in total. The molecule has 1 aromatic rings. The molecule has 0 aromatic heterocycles. The smallest absolute Gasteiger partial charge is 0.260 e. The second-order valence-electron chi connectivity index (χ2n) is 4.64. The van der Waals surface area contributed by atoms with Crippen molar-refractivity contribution in [1.82, 2.24) is 4.90 Å². The summed E-state index contributed by atoms with van der Waals surface area (Å²) < 4.78 is 54.3. The van der Waals surface area contributed by atoms with E-state index in [9.17, 15) is 22.0 Å². The van der Waals surface area contributed by atoms with Crippen LogP contribution in [0.4, 0.5) is 8.78 Å². The molecule has 0 atom stereocenters. The van der Waals surface area contributed by atoms with Gasteiger partial charge in [-0.1, -0.05) is 0 Å². The van der Waals surface area contributed by atoms with E-state index in [1.165, 1.54) is 4.90 Å². The van der Waals surface area contributed by atoms with Crippen LogP contribution in [-0.2, 0) is 14.8 Å². The number of carbonyl (C=O) groups is 1. The summed E-state index contributed by atoms with van der Waals surface area (Å²) in [6.45, 7) is 0.622. The van der Waals surface area contributed by atoms with Crippen LogP contribution in [0.25, 0.3) is 0 Å². The molecule has 0 unspecified atom stereocenters. The van der Waals surface area contributed by atoms with E-state index in [-0.39, 0.29) is 0 Å². The van der Waals surface area contributed by atoms with E-state index in [0.29, 0.717) is 25.2 Å². The van der Waals surface area contributed by atoms with Crippen molar-refractivity contribution in [2.45, 2.75) is 17.7 Å². The molecule has 0 bridgehead atoms. The third-order valence-corrected chi connectivity index (χ3v) is 4.00. The minimum absolute atomic E-state index is 0.392. The molecule has 1 heterocycles. The zero-order chi connectivity index (χ0) is 15.6. The number of halogens is 2. The van der Waals surface area contributed by atoms with E-state index < -0.39 is 44.8 Å². The number of nitrogens with zero attached hydrogens (tertiary/aromatic N) is 1. The Morgan fingerprint density at radius 2 is 1.90 bits per heavy atom. The van der Waals surface area contributed by atoms with E-state index in [1.807, 2.05) is 0 Å². The number of likely N-dealkylation sites (tertiary alicyclic amines) is 1. The lowest BCUT2D eigenvalue weighted by molar-refractivity contribution is -0.132. The third kappa shape index (κ3) is 3.67. The molecule has 1 aliphatic rings. The van der Waals surface area contributed by atoms with Gasteiger partial charge < -0.3 is 9.64 Å². The van der Waals surface area contributed by atoms with Crippen LogP contribution < -0.4 is 9.88 Å². The van der Waals surface area contributed by atoms with Gasteiger partial charge in [-0.3, -0.25) is 4.79 Å². The Morgan fingerprint density at radius 3 is 2.48 bits per heavy atom. The average molecular weight is 320 g/mol. The van der Waals surface area contributed by atoms with Crippen molar-refractivity contribution in [3.05, 3.63) is 23.8 Å². The van der Waals surface area contributed by atoms with Crippen molar-refractivity contribution in [2.24, 2.45) is 5.14 Å². The Balaban J connectivity index is 2.21. The Labute approximate surface area is 120 Å². The number of benzene rings is 1. The highest BCUT2D eigenvalue weighted by molar-refractivity contribution is 7.89. The van der Waals surface area contributed by atoms with Crippen LogP contribution in [0.5, 0.6) is 5.75 Å². The number of hydrogen-bond acceptors (Lipinski definition) is 4. The monoisotopic (exact) mass is 320 g/mol. The molecule has 1 amide bonds. The SMILES string of the molecule is NS(=O)(=O)c1cc(F)cc(F)c1OCC(=O)N1CCCC1. The molecule has 0 radical (unpaired) electrons. The molecule has 6 nitrogen and oxygen atoms in total. The number of hydrogen-bond donors (Lipinski definition) is 1. The van der Waals surface area contributed by atoms with Crippen LogP contribution in [0, 0.1) is 11.6 Å². The van der Waals surface area contributed by atoms with Crippen LogP contribution in [0.2, 0.25) is 0 Å². The highest BCUT2D eigenvalue weighted by Crippen LogP contribution is 2.27. The van der Waals surface area contributed by atoms with Gasteiger partial charge in [-0.15, -0.1) is 0 Å². The summed E-state index contributed by atoms with van der Waals surface area (Å²) in [5.74, 6) is -3.47. The number of sulfonamides is 1. The van der Waals surface area contributed by atoms with Crippen LogP contribution in [0.15, 0.2) is 17.0 Å². The topological polar surface area (TPSA) is 89.7 Å². The highest BCUT2D eigenvalue weighted by atomic mass is 32.2. The van der Waals surface area contributed by atoms with Crippen molar-refractivity contribution < 1.29 is 26.7 Å². The van der Waals surface area contributed by atoms with E-state index in [2.05, 4.69) is 0 Å². The summed E-state index contributed by atoms with van der Waals surface area (Å²) in [5, 5.41) is 4.89. The Hall–Kier alpha value is -1.74. The highest BCUT2D eigenvalue weighted by Gasteiger charge is 2.24. The van der Waals surface area contributed by atoms with Crippen molar-refractivity contribution >= 4 is 15.9 Å². The minimum atomic E-state index is -4.38. The van der Waals surface area contributed by atoms with Gasteiger partial charge >= 0.3 is 0 Å².